The molecule has 0 bridgehead atoms. The maximum atomic E-state index is 10.7. The van der Waals surface area contributed by atoms with Crippen LogP contribution in [0.5, 0.6) is 0 Å². The van der Waals surface area contributed by atoms with Crippen molar-refractivity contribution in [2.24, 2.45) is 0 Å². The average molecular weight is 285 g/mol. The van der Waals surface area contributed by atoms with Crippen LogP contribution in [0, 0.1) is 17.0 Å². The first-order valence-electron chi connectivity index (χ1n) is 6.13. The standard InChI is InChI=1S/C14H11N3O4/c1-8-4-2-3-5-9(8)12-13(21-16-14(12)15)10-6-7-11(20-10)17(18)19/h2-7H,1H3,(H2,15,16). The van der Waals surface area contributed by atoms with Gasteiger partial charge in [0.2, 0.25) is 5.76 Å². The highest BCUT2D eigenvalue weighted by molar-refractivity contribution is 5.86. The van der Waals surface area contributed by atoms with Gasteiger partial charge in [-0.15, -0.1) is 0 Å². The first kappa shape index (κ1) is 12.9. The van der Waals surface area contributed by atoms with Gasteiger partial charge in [0.15, 0.2) is 11.6 Å². The van der Waals surface area contributed by atoms with Crippen LogP contribution in [0.15, 0.2) is 45.3 Å². The van der Waals surface area contributed by atoms with Crippen molar-refractivity contribution in [3.05, 3.63) is 52.1 Å². The summed E-state index contributed by atoms with van der Waals surface area (Å²) in [5.74, 6) is 0.327. The van der Waals surface area contributed by atoms with Crippen molar-refractivity contribution in [1.82, 2.24) is 5.16 Å². The second-order valence-corrected chi connectivity index (χ2v) is 4.48. The molecule has 0 aliphatic heterocycles. The molecule has 0 fully saturated rings. The van der Waals surface area contributed by atoms with Crippen LogP contribution in [0.3, 0.4) is 0 Å². The highest BCUT2D eigenvalue weighted by atomic mass is 16.6. The Morgan fingerprint density at radius 1 is 1.24 bits per heavy atom. The van der Waals surface area contributed by atoms with Crippen LogP contribution in [0.2, 0.25) is 0 Å². The molecule has 0 unspecified atom stereocenters. The van der Waals surface area contributed by atoms with Gasteiger partial charge in [-0.2, -0.15) is 0 Å². The smallest absolute Gasteiger partial charge is 0.397 e. The van der Waals surface area contributed by atoms with E-state index in [2.05, 4.69) is 5.16 Å². The topological polar surface area (TPSA) is 108 Å². The summed E-state index contributed by atoms with van der Waals surface area (Å²) in [5.41, 5.74) is 8.25. The van der Waals surface area contributed by atoms with Crippen LogP contribution in [0.4, 0.5) is 11.7 Å². The van der Waals surface area contributed by atoms with E-state index in [1.807, 2.05) is 31.2 Å². The Bertz CT molecular complexity index is 819. The van der Waals surface area contributed by atoms with E-state index >= 15 is 0 Å². The Morgan fingerprint density at radius 3 is 2.67 bits per heavy atom. The minimum atomic E-state index is -0.614. The van der Waals surface area contributed by atoms with Crippen molar-refractivity contribution in [3.63, 3.8) is 0 Å². The first-order chi connectivity index (χ1) is 10.1. The molecule has 0 saturated carbocycles. The second-order valence-electron chi connectivity index (χ2n) is 4.48. The van der Waals surface area contributed by atoms with Crippen LogP contribution < -0.4 is 5.73 Å². The number of hydrogen-bond acceptors (Lipinski definition) is 6. The fourth-order valence-electron chi connectivity index (χ4n) is 2.13. The molecular weight excluding hydrogens is 274 g/mol. The highest BCUT2D eigenvalue weighted by Crippen LogP contribution is 2.39. The van der Waals surface area contributed by atoms with Crippen LogP contribution in [-0.2, 0) is 0 Å². The molecular formula is C14H11N3O4. The van der Waals surface area contributed by atoms with Gasteiger partial charge in [0.1, 0.15) is 4.92 Å². The Morgan fingerprint density at radius 2 is 2.00 bits per heavy atom. The van der Waals surface area contributed by atoms with Crippen molar-refractivity contribution in [3.8, 4) is 22.6 Å². The van der Waals surface area contributed by atoms with Gasteiger partial charge in [0.25, 0.3) is 0 Å². The fourth-order valence-corrected chi connectivity index (χ4v) is 2.13. The monoisotopic (exact) mass is 285 g/mol. The van der Waals surface area contributed by atoms with Gasteiger partial charge in [-0.25, -0.2) is 0 Å². The van der Waals surface area contributed by atoms with Gasteiger partial charge >= 0.3 is 5.88 Å². The van der Waals surface area contributed by atoms with Crippen molar-refractivity contribution in [2.75, 3.05) is 5.73 Å². The van der Waals surface area contributed by atoms with Crippen molar-refractivity contribution >= 4 is 11.7 Å². The SMILES string of the molecule is Cc1ccccc1-c1c(N)noc1-c1ccc([N+](=O)[O-])o1. The largest absolute Gasteiger partial charge is 0.433 e. The number of rotatable bonds is 3. The van der Waals surface area contributed by atoms with Crippen LogP contribution >= 0.6 is 0 Å². The molecule has 0 aliphatic carbocycles. The summed E-state index contributed by atoms with van der Waals surface area (Å²) in [6.07, 6.45) is 0. The number of nitrogens with two attached hydrogens (primary N) is 1. The molecule has 0 radical (unpaired) electrons. The maximum absolute atomic E-state index is 10.7. The Balaban J connectivity index is 2.17. The number of nitrogens with zero attached hydrogens (tertiary/aromatic N) is 2. The van der Waals surface area contributed by atoms with E-state index < -0.39 is 4.92 Å². The number of nitrogen functional groups attached to an aromatic ring is 1. The molecule has 0 amide bonds. The quantitative estimate of drug-likeness (QED) is 0.583. The third-order valence-corrected chi connectivity index (χ3v) is 3.13. The van der Waals surface area contributed by atoms with Crippen molar-refractivity contribution in [2.45, 2.75) is 6.92 Å². The first-order valence-corrected chi connectivity index (χ1v) is 6.13. The average Bonchev–Trinajstić information content (AvgIpc) is 3.06. The van der Waals surface area contributed by atoms with E-state index in [-0.39, 0.29) is 23.2 Å². The summed E-state index contributed by atoms with van der Waals surface area (Å²) in [7, 11) is 0. The van der Waals surface area contributed by atoms with E-state index in [4.69, 9.17) is 14.7 Å². The molecule has 0 atom stereocenters. The lowest BCUT2D eigenvalue weighted by Crippen LogP contribution is -1.90. The molecule has 1 aromatic carbocycles. The van der Waals surface area contributed by atoms with Crippen molar-refractivity contribution in [1.29, 1.82) is 0 Å². The third kappa shape index (κ3) is 2.14. The van der Waals surface area contributed by atoms with Crippen LogP contribution in [0.1, 0.15) is 5.56 Å². The zero-order chi connectivity index (χ0) is 15.0. The van der Waals surface area contributed by atoms with Gasteiger partial charge in [-0.3, -0.25) is 10.1 Å². The molecule has 3 aromatic rings. The van der Waals surface area contributed by atoms with E-state index in [9.17, 15) is 10.1 Å². The predicted molar refractivity (Wildman–Crippen MR) is 75.4 cm³/mol. The van der Waals surface area contributed by atoms with Gasteiger partial charge in [0.05, 0.1) is 11.6 Å². The minimum absolute atomic E-state index is 0.207. The lowest BCUT2D eigenvalue weighted by atomic mass is 10.00. The maximum Gasteiger partial charge on any atom is 0.433 e. The second kappa shape index (κ2) is 4.78. The Hall–Kier alpha value is -3.09. The molecule has 7 nitrogen and oxygen atoms in total. The van der Waals surface area contributed by atoms with Gasteiger partial charge in [0, 0.05) is 0 Å². The van der Waals surface area contributed by atoms with Crippen molar-refractivity contribution < 1.29 is 13.9 Å². The van der Waals surface area contributed by atoms with E-state index in [0.717, 1.165) is 11.1 Å². The Kier molecular flexibility index (Phi) is 2.94. The number of furan rings is 1. The van der Waals surface area contributed by atoms with Crippen LogP contribution in [-0.4, -0.2) is 10.1 Å². The normalized spacial score (nSPS) is 10.7. The molecule has 7 heteroatoms. The third-order valence-electron chi connectivity index (χ3n) is 3.13. The number of aryl methyl sites for hydroxylation is 1. The van der Waals surface area contributed by atoms with E-state index in [0.29, 0.717) is 5.56 Å². The summed E-state index contributed by atoms with van der Waals surface area (Å²) in [6, 6.07) is 10.3. The number of hydrogen-bond donors (Lipinski definition) is 1. The predicted octanol–water partition coefficient (Wildman–Crippen LogP) is 3.40. The summed E-state index contributed by atoms with van der Waals surface area (Å²) in [5, 5.41) is 14.4. The number of aromatic nitrogens is 1. The van der Waals surface area contributed by atoms with Gasteiger partial charge < -0.3 is 14.7 Å². The zero-order valence-corrected chi connectivity index (χ0v) is 11.1. The number of nitro groups is 1. The van der Waals surface area contributed by atoms with Gasteiger partial charge in [-0.1, -0.05) is 29.4 Å². The van der Waals surface area contributed by atoms with E-state index in [1.54, 1.807) is 0 Å². The molecule has 3 rings (SSSR count). The lowest BCUT2D eigenvalue weighted by molar-refractivity contribution is -0.401. The molecule has 0 spiro atoms. The van der Waals surface area contributed by atoms with Gasteiger partial charge in [-0.05, 0) is 24.1 Å². The molecule has 0 aliphatic rings. The fraction of sp³-hybridized carbons (Fsp3) is 0.0714. The lowest BCUT2D eigenvalue weighted by Gasteiger charge is -2.04. The summed E-state index contributed by atoms with van der Waals surface area (Å²) in [4.78, 5) is 10.1. The van der Waals surface area contributed by atoms with Crippen LogP contribution in [0.25, 0.3) is 22.6 Å². The molecule has 2 heterocycles. The molecule has 2 aromatic heterocycles. The summed E-state index contributed by atoms with van der Waals surface area (Å²) >= 11 is 0. The number of benzene rings is 1. The highest BCUT2D eigenvalue weighted by Gasteiger charge is 2.23. The summed E-state index contributed by atoms with van der Waals surface area (Å²) in [6.45, 7) is 1.93. The zero-order valence-electron chi connectivity index (χ0n) is 11.1. The summed E-state index contributed by atoms with van der Waals surface area (Å²) < 4.78 is 10.4. The minimum Gasteiger partial charge on any atom is -0.397 e. The molecule has 106 valence electrons. The number of anilines is 1. The molecule has 0 saturated heterocycles. The Labute approximate surface area is 119 Å². The molecule has 21 heavy (non-hydrogen) atoms. The molecule has 2 N–H and O–H groups in total. The van der Waals surface area contributed by atoms with E-state index in [1.165, 1.54) is 12.1 Å².